The fourth-order valence-corrected chi connectivity index (χ4v) is 2.60. The molecule has 1 saturated carbocycles. The van der Waals surface area contributed by atoms with E-state index in [-0.39, 0.29) is 5.56 Å². The van der Waals surface area contributed by atoms with E-state index in [2.05, 4.69) is 0 Å². The van der Waals surface area contributed by atoms with Crippen molar-refractivity contribution < 1.29 is 14.3 Å². The normalized spacial score (nSPS) is 19.3. The standard InChI is InChI=1S/C15H19FO2/c1-11-6-7-13(16)12(10-11)14(17)15(18)8-4-2-3-5-9-15/h6-7,10,18H,2-5,8-9H2,1H3. The van der Waals surface area contributed by atoms with Crippen LogP contribution in [0.3, 0.4) is 0 Å². The van der Waals surface area contributed by atoms with Gasteiger partial charge in [0.15, 0.2) is 5.78 Å². The maximum absolute atomic E-state index is 13.7. The van der Waals surface area contributed by atoms with Gasteiger partial charge in [-0.15, -0.1) is 0 Å². The zero-order valence-corrected chi connectivity index (χ0v) is 10.7. The second-order valence-corrected chi connectivity index (χ2v) is 5.26. The maximum Gasteiger partial charge on any atom is 0.197 e. The molecule has 0 atom stereocenters. The summed E-state index contributed by atoms with van der Waals surface area (Å²) in [6.07, 6.45) is 4.61. The fraction of sp³-hybridized carbons (Fsp3) is 0.533. The molecule has 1 aliphatic carbocycles. The van der Waals surface area contributed by atoms with Crippen molar-refractivity contribution in [2.75, 3.05) is 0 Å². The molecule has 0 radical (unpaired) electrons. The lowest BCUT2D eigenvalue weighted by atomic mass is 9.85. The molecule has 0 saturated heterocycles. The molecule has 0 heterocycles. The van der Waals surface area contributed by atoms with Crippen molar-refractivity contribution in [3.63, 3.8) is 0 Å². The topological polar surface area (TPSA) is 37.3 Å². The molecule has 1 aromatic carbocycles. The van der Waals surface area contributed by atoms with Crippen LogP contribution in [0, 0.1) is 12.7 Å². The molecule has 0 amide bonds. The average Bonchev–Trinajstić information content (AvgIpc) is 2.57. The van der Waals surface area contributed by atoms with Gasteiger partial charge in [-0.05, 0) is 31.9 Å². The van der Waals surface area contributed by atoms with E-state index in [1.54, 1.807) is 6.07 Å². The Morgan fingerprint density at radius 1 is 1.22 bits per heavy atom. The largest absolute Gasteiger partial charge is 0.382 e. The van der Waals surface area contributed by atoms with Crippen molar-refractivity contribution in [1.29, 1.82) is 0 Å². The first kappa shape index (κ1) is 13.2. The second-order valence-electron chi connectivity index (χ2n) is 5.26. The molecule has 1 fully saturated rings. The quantitative estimate of drug-likeness (QED) is 0.645. The van der Waals surface area contributed by atoms with Crippen molar-refractivity contribution in [2.45, 2.75) is 51.0 Å². The molecule has 0 spiro atoms. The SMILES string of the molecule is Cc1ccc(F)c(C(=O)C2(O)CCCCCC2)c1. The lowest BCUT2D eigenvalue weighted by Gasteiger charge is -2.25. The third kappa shape index (κ3) is 2.61. The van der Waals surface area contributed by atoms with Gasteiger partial charge in [0.05, 0.1) is 5.56 Å². The van der Waals surface area contributed by atoms with Crippen LogP contribution in [0.1, 0.15) is 54.4 Å². The molecule has 0 bridgehead atoms. The molecule has 3 heteroatoms. The number of ketones is 1. The zero-order valence-electron chi connectivity index (χ0n) is 10.7. The van der Waals surface area contributed by atoms with Crippen LogP contribution in [-0.2, 0) is 0 Å². The third-order valence-corrected chi connectivity index (χ3v) is 3.72. The molecule has 2 rings (SSSR count). The fourth-order valence-electron chi connectivity index (χ4n) is 2.60. The molecule has 0 unspecified atom stereocenters. The highest BCUT2D eigenvalue weighted by atomic mass is 19.1. The van der Waals surface area contributed by atoms with E-state index < -0.39 is 17.2 Å². The number of hydrogen-bond acceptors (Lipinski definition) is 2. The molecular weight excluding hydrogens is 231 g/mol. The first-order valence-electron chi connectivity index (χ1n) is 6.56. The predicted molar refractivity (Wildman–Crippen MR) is 68.1 cm³/mol. The van der Waals surface area contributed by atoms with E-state index in [0.717, 1.165) is 31.2 Å². The highest BCUT2D eigenvalue weighted by Gasteiger charge is 2.37. The number of aliphatic hydroxyl groups is 1. The monoisotopic (exact) mass is 250 g/mol. The summed E-state index contributed by atoms with van der Waals surface area (Å²) in [4.78, 5) is 12.4. The predicted octanol–water partition coefficient (Wildman–Crippen LogP) is 3.40. The number of aryl methyl sites for hydroxylation is 1. The summed E-state index contributed by atoms with van der Waals surface area (Å²) in [6.45, 7) is 1.81. The van der Waals surface area contributed by atoms with Gasteiger partial charge in [-0.2, -0.15) is 0 Å². The van der Waals surface area contributed by atoms with Crippen LogP contribution in [-0.4, -0.2) is 16.5 Å². The number of rotatable bonds is 2. The number of carbonyl (C=O) groups excluding carboxylic acids is 1. The Hall–Kier alpha value is -1.22. The van der Waals surface area contributed by atoms with Crippen LogP contribution in [0.2, 0.25) is 0 Å². The Morgan fingerprint density at radius 3 is 2.44 bits per heavy atom. The Labute approximate surface area is 107 Å². The summed E-state index contributed by atoms with van der Waals surface area (Å²) in [5.74, 6) is -0.992. The molecule has 1 aromatic rings. The van der Waals surface area contributed by atoms with Crippen LogP contribution >= 0.6 is 0 Å². The molecule has 2 nitrogen and oxygen atoms in total. The smallest absolute Gasteiger partial charge is 0.197 e. The van der Waals surface area contributed by atoms with Crippen molar-refractivity contribution in [1.82, 2.24) is 0 Å². The first-order valence-corrected chi connectivity index (χ1v) is 6.56. The van der Waals surface area contributed by atoms with Crippen LogP contribution < -0.4 is 0 Å². The first-order chi connectivity index (χ1) is 8.53. The lowest BCUT2D eigenvalue weighted by molar-refractivity contribution is 0.0234. The van der Waals surface area contributed by atoms with E-state index in [0.29, 0.717) is 12.8 Å². The van der Waals surface area contributed by atoms with Gasteiger partial charge in [-0.25, -0.2) is 4.39 Å². The van der Waals surface area contributed by atoms with E-state index in [4.69, 9.17) is 0 Å². The molecule has 98 valence electrons. The minimum absolute atomic E-state index is 0.0272. The van der Waals surface area contributed by atoms with Crippen LogP contribution in [0.25, 0.3) is 0 Å². The Bertz CT molecular complexity index is 446. The van der Waals surface area contributed by atoms with Crippen molar-refractivity contribution >= 4 is 5.78 Å². The van der Waals surface area contributed by atoms with Crippen molar-refractivity contribution in [3.05, 3.63) is 35.1 Å². The lowest BCUT2D eigenvalue weighted by Crippen LogP contribution is -2.38. The number of hydrogen-bond donors (Lipinski definition) is 1. The molecule has 0 aliphatic heterocycles. The van der Waals surface area contributed by atoms with E-state index in [1.165, 1.54) is 12.1 Å². The molecule has 0 aromatic heterocycles. The van der Waals surface area contributed by atoms with Crippen LogP contribution in [0.4, 0.5) is 4.39 Å². The number of halogens is 1. The van der Waals surface area contributed by atoms with Gasteiger partial charge in [0, 0.05) is 0 Å². The Balaban J connectivity index is 2.31. The van der Waals surface area contributed by atoms with Gasteiger partial charge in [-0.1, -0.05) is 37.3 Å². The van der Waals surface area contributed by atoms with Crippen LogP contribution in [0.15, 0.2) is 18.2 Å². The molecule has 18 heavy (non-hydrogen) atoms. The maximum atomic E-state index is 13.7. The van der Waals surface area contributed by atoms with E-state index in [1.807, 2.05) is 6.92 Å². The van der Waals surface area contributed by atoms with Crippen molar-refractivity contribution in [3.8, 4) is 0 Å². The molecule has 1 aliphatic rings. The Morgan fingerprint density at radius 2 is 1.83 bits per heavy atom. The van der Waals surface area contributed by atoms with Gasteiger partial charge in [0.1, 0.15) is 11.4 Å². The van der Waals surface area contributed by atoms with Gasteiger partial charge in [0.25, 0.3) is 0 Å². The highest BCUT2D eigenvalue weighted by Crippen LogP contribution is 2.31. The minimum Gasteiger partial charge on any atom is -0.382 e. The van der Waals surface area contributed by atoms with E-state index in [9.17, 15) is 14.3 Å². The second kappa shape index (κ2) is 5.19. The summed E-state index contributed by atoms with van der Waals surface area (Å²) >= 11 is 0. The van der Waals surface area contributed by atoms with Crippen LogP contribution in [0.5, 0.6) is 0 Å². The summed E-state index contributed by atoms with van der Waals surface area (Å²) < 4.78 is 13.7. The molecule has 1 N–H and O–H groups in total. The zero-order chi connectivity index (χ0) is 13.2. The van der Waals surface area contributed by atoms with Gasteiger partial charge >= 0.3 is 0 Å². The number of carbonyl (C=O) groups is 1. The summed E-state index contributed by atoms with van der Waals surface area (Å²) in [5.41, 5.74) is -0.512. The van der Waals surface area contributed by atoms with Gasteiger partial charge in [0.2, 0.25) is 0 Å². The van der Waals surface area contributed by atoms with Gasteiger partial charge < -0.3 is 5.11 Å². The summed E-state index contributed by atoms with van der Waals surface area (Å²) in [7, 11) is 0. The van der Waals surface area contributed by atoms with Crippen molar-refractivity contribution in [2.24, 2.45) is 0 Å². The number of benzene rings is 1. The molecular formula is C15H19FO2. The van der Waals surface area contributed by atoms with Gasteiger partial charge in [-0.3, -0.25) is 4.79 Å². The Kier molecular flexibility index (Phi) is 3.81. The summed E-state index contributed by atoms with van der Waals surface area (Å²) in [5, 5.41) is 10.5. The number of Topliss-reactive ketones (excluding diaryl/α,β-unsaturated/α-hetero) is 1. The average molecular weight is 250 g/mol. The third-order valence-electron chi connectivity index (χ3n) is 3.72. The highest BCUT2D eigenvalue weighted by molar-refractivity contribution is 6.02. The minimum atomic E-state index is -1.37. The summed E-state index contributed by atoms with van der Waals surface area (Å²) in [6, 6.07) is 4.45. The van der Waals surface area contributed by atoms with E-state index >= 15 is 0 Å².